The highest BCUT2D eigenvalue weighted by Crippen LogP contribution is 2.37. The molecule has 0 fully saturated rings. The quantitative estimate of drug-likeness (QED) is 0.843. The van der Waals surface area contributed by atoms with Gasteiger partial charge in [-0.3, -0.25) is 9.59 Å². The average Bonchev–Trinajstić information content (AvgIpc) is 2.79. The second-order valence-electron chi connectivity index (χ2n) is 5.38. The van der Waals surface area contributed by atoms with Gasteiger partial charge in [-0.25, -0.2) is 14.1 Å². The summed E-state index contributed by atoms with van der Waals surface area (Å²) in [6.07, 6.45) is 2.48. The van der Waals surface area contributed by atoms with E-state index in [1.165, 1.54) is 0 Å². The standard InChI is InChI=1S/C16H11FN2O4/c17-12-5-8(7-18)11(16(22)23)6-13(12)19-14(20)9-3-1-2-4-10(9)15(19)21/h5-6H,1-4H2,(H,22,23). The first kappa shape index (κ1) is 14.9. The van der Waals surface area contributed by atoms with E-state index in [2.05, 4.69) is 0 Å². The lowest BCUT2D eigenvalue weighted by Crippen LogP contribution is -2.32. The molecule has 0 saturated carbocycles. The molecule has 1 aromatic rings. The third kappa shape index (κ3) is 2.19. The highest BCUT2D eigenvalue weighted by Gasteiger charge is 2.41. The number of amides is 2. The third-order valence-corrected chi connectivity index (χ3v) is 4.07. The van der Waals surface area contributed by atoms with E-state index in [1.54, 1.807) is 6.07 Å². The van der Waals surface area contributed by atoms with E-state index >= 15 is 0 Å². The second-order valence-corrected chi connectivity index (χ2v) is 5.38. The molecule has 1 N–H and O–H groups in total. The maximum Gasteiger partial charge on any atom is 0.337 e. The molecule has 0 saturated heterocycles. The van der Waals surface area contributed by atoms with Crippen LogP contribution in [-0.2, 0) is 9.59 Å². The van der Waals surface area contributed by atoms with Crippen molar-refractivity contribution >= 4 is 23.5 Å². The molecule has 7 heteroatoms. The minimum absolute atomic E-state index is 0.365. The van der Waals surface area contributed by atoms with Crippen LogP contribution >= 0.6 is 0 Å². The molecule has 2 amide bonds. The molecule has 1 aromatic carbocycles. The van der Waals surface area contributed by atoms with Crippen LogP contribution in [0.25, 0.3) is 0 Å². The number of carboxylic acid groups (broad SMARTS) is 1. The van der Waals surface area contributed by atoms with Crippen molar-refractivity contribution in [3.05, 3.63) is 40.2 Å². The first-order valence-corrected chi connectivity index (χ1v) is 7.03. The van der Waals surface area contributed by atoms with Crippen molar-refractivity contribution in [1.82, 2.24) is 0 Å². The molecule has 116 valence electrons. The fourth-order valence-electron chi connectivity index (χ4n) is 2.96. The molecule has 0 atom stereocenters. The number of imide groups is 1. The number of halogens is 1. The van der Waals surface area contributed by atoms with Gasteiger partial charge in [0.1, 0.15) is 11.9 Å². The monoisotopic (exact) mass is 314 g/mol. The van der Waals surface area contributed by atoms with Crippen molar-refractivity contribution in [2.45, 2.75) is 25.7 Å². The van der Waals surface area contributed by atoms with Gasteiger partial charge in [0, 0.05) is 11.1 Å². The molecule has 0 unspecified atom stereocenters. The summed E-state index contributed by atoms with van der Waals surface area (Å²) in [5.74, 6) is -3.62. The van der Waals surface area contributed by atoms with Gasteiger partial charge in [-0.2, -0.15) is 5.26 Å². The summed E-state index contributed by atoms with van der Waals surface area (Å²) in [6.45, 7) is 0. The Morgan fingerprint density at radius 1 is 1.17 bits per heavy atom. The van der Waals surface area contributed by atoms with Crippen molar-refractivity contribution in [3.8, 4) is 6.07 Å². The number of nitrogens with zero attached hydrogens (tertiary/aromatic N) is 2. The zero-order chi connectivity index (χ0) is 16.7. The third-order valence-electron chi connectivity index (χ3n) is 4.07. The molecule has 1 heterocycles. The molecule has 1 aliphatic heterocycles. The Hall–Kier alpha value is -3.01. The van der Waals surface area contributed by atoms with Crippen molar-refractivity contribution in [2.24, 2.45) is 0 Å². The predicted octanol–water partition coefficient (Wildman–Crippen LogP) is 2.14. The van der Waals surface area contributed by atoms with E-state index in [0.717, 1.165) is 25.0 Å². The number of hydrogen-bond donors (Lipinski definition) is 1. The van der Waals surface area contributed by atoms with Gasteiger partial charge < -0.3 is 5.11 Å². The van der Waals surface area contributed by atoms with Crippen LogP contribution in [0.4, 0.5) is 10.1 Å². The Kier molecular flexibility index (Phi) is 3.45. The number of benzene rings is 1. The Morgan fingerprint density at radius 2 is 1.74 bits per heavy atom. The smallest absolute Gasteiger partial charge is 0.337 e. The summed E-state index contributed by atoms with van der Waals surface area (Å²) in [4.78, 5) is 36.7. The van der Waals surface area contributed by atoms with E-state index in [9.17, 15) is 18.8 Å². The van der Waals surface area contributed by atoms with Crippen LogP contribution in [0.1, 0.15) is 41.6 Å². The number of carbonyl (C=O) groups excluding carboxylic acids is 2. The fraction of sp³-hybridized carbons (Fsp3) is 0.250. The molecule has 0 radical (unpaired) electrons. The average molecular weight is 314 g/mol. The Labute approximate surface area is 130 Å². The van der Waals surface area contributed by atoms with Gasteiger partial charge in [-0.1, -0.05) is 0 Å². The molecule has 6 nitrogen and oxygen atoms in total. The first-order valence-electron chi connectivity index (χ1n) is 7.03. The lowest BCUT2D eigenvalue weighted by molar-refractivity contribution is -0.120. The Morgan fingerprint density at radius 3 is 2.22 bits per heavy atom. The summed E-state index contributed by atoms with van der Waals surface area (Å²) in [5, 5.41) is 18.0. The number of aromatic carboxylic acids is 1. The molecule has 0 aromatic heterocycles. The number of rotatable bonds is 2. The Bertz CT molecular complexity index is 807. The summed E-state index contributed by atoms with van der Waals surface area (Å²) >= 11 is 0. The number of nitriles is 1. The van der Waals surface area contributed by atoms with Crippen LogP contribution in [0, 0.1) is 17.1 Å². The van der Waals surface area contributed by atoms with E-state index in [4.69, 9.17) is 10.4 Å². The van der Waals surface area contributed by atoms with Gasteiger partial charge >= 0.3 is 5.97 Å². The molecular weight excluding hydrogens is 303 g/mol. The van der Waals surface area contributed by atoms with Crippen LogP contribution in [0.5, 0.6) is 0 Å². The van der Waals surface area contributed by atoms with Gasteiger partial charge in [-0.05, 0) is 37.8 Å². The largest absolute Gasteiger partial charge is 0.478 e. The van der Waals surface area contributed by atoms with E-state index < -0.39 is 34.9 Å². The predicted molar refractivity (Wildman–Crippen MR) is 76.1 cm³/mol. The van der Waals surface area contributed by atoms with Crippen molar-refractivity contribution < 1.29 is 23.9 Å². The first-order chi connectivity index (χ1) is 11.0. The second kappa shape index (κ2) is 5.32. The van der Waals surface area contributed by atoms with Gasteiger partial charge in [0.25, 0.3) is 11.8 Å². The van der Waals surface area contributed by atoms with Crippen molar-refractivity contribution in [3.63, 3.8) is 0 Å². The van der Waals surface area contributed by atoms with E-state index in [0.29, 0.717) is 28.9 Å². The maximum atomic E-state index is 14.2. The summed E-state index contributed by atoms with van der Waals surface area (Å²) in [7, 11) is 0. The number of carboxylic acids is 1. The number of carbonyl (C=O) groups is 3. The highest BCUT2D eigenvalue weighted by atomic mass is 19.1. The molecular formula is C16H11FN2O4. The van der Waals surface area contributed by atoms with E-state index in [1.807, 2.05) is 0 Å². The normalized spacial score (nSPS) is 17.3. The van der Waals surface area contributed by atoms with Crippen LogP contribution in [0.3, 0.4) is 0 Å². The SMILES string of the molecule is N#Cc1cc(F)c(N2C(=O)C3=C(CCCC3)C2=O)cc1C(=O)O. The molecule has 3 rings (SSSR count). The van der Waals surface area contributed by atoms with E-state index in [-0.39, 0.29) is 5.56 Å². The molecule has 1 aliphatic carbocycles. The summed E-state index contributed by atoms with van der Waals surface area (Å²) < 4.78 is 14.2. The molecule has 0 bridgehead atoms. The molecule has 23 heavy (non-hydrogen) atoms. The fourth-order valence-corrected chi connectivity index (χ4v) is 2.96. The minimum Gasteiger partial charge on any atom is -0.478 e. The van der Waals surface area contributed by atoms with Crippen LogP contribution in [-0.4, -0.2) is 22.9 Å². The zero-order valence-electron chi connectivity index (χ0n) is 11.9. The highest BCUT2D eigenvalue weighted by molar-refractivity contribution is 6.33. The van der Waals surface area contributed by atoms with Gasteiger partial charge in [-0.15, -0.1) is 0 Å². The summed E-state index contributed by atoms with van der Waals surface area (Å²) in [5.41, 5.74) is -0.487. The minimum atomic E-state index is -1.43. The van der Waals surface area contributed by atoms with Crippen LogP contribution in [0.2, 0.25) is 0 Å². The molecule has 0 spiro atoms. The zero-order valence-corrected chi connectivity index (χ0v) is 11.9. The van der Waals surface area contributed by atoms with Gasteiger partial charge in [0.2, 0.25) is 0 Å². The van der Waals surface area contributed by atoms with Gasteiger partial charge in [0.15, 0.2) is 0 Å². The van der Waals surface area contributed by atoms with Crippen molar-refractivity contribution in [1.29, 1.82) is 5.26 Å². The maximum absolute atomic E-state index is 14.2. The van der Waals surface area contributed by atoms with Gasteiger partial charge in [0.05, 0.1) is 16.8 Å². The number of hydrogen-bond acceptors (Lipinski definition) is 4. The lowest BCUT2D eigenvalue weighted by atomic mass is 9.93. The Balaban J connectivity index is 2.12. The number of anilines is 1. The van der Waals surface area contributed by atoms with Crippen LogP contribution in [0.15, 0.2) is 23.3 Å². The lowest BCUT2D eigenvalue weighted by Gasteiger charge is -2.17. The van der Waals surface area contributed by atoms with Crippen LogP contribution < -0.4 is 4.90 Å². The molecule has 2 aliphatic rings. The summed E-state index contributed by atoms with van der Waals surface area (Å²) in [6, 6.07) is 3.19. The topological polar surface area (TPSA) is 98.5 Å². The van der Waals surface area contributed by atoms with Crippen molar-refractivity contribution in [2.75, 3.05) is 4.90 Å².